The number of hydrogen-bond donors (Lipinski definition) is 3. The zero-order valence-electron chi connectivity index (χ0n) is 20.1. The fraction of sp³-hybridized carbons (Fsp3) is 0.400. The van der Waals surface area contributed by atoms with Crippen molar-refractivity contribution in [1.29, 1.82) is 0 Å². The lowest BCUT2D eigenvalue weighted by molar-refractivity contribution is -0.144. The van der Waals surface area contributed by atoms with E-state index in [1.165, 1.54) is 13.3 Å². The molecule has 2 atom stereocenters. The molecule has 0 spiro atoms. The van der Waals surface area contributed by atoms with Crippen LogP contribution in [0.2, 0.25) is 0 Å². The van der Waals surface area contributed by atoms with Gasteiger partial charge in [0.1, 0.15) is 11.7 Å². The van der Waals surface area contributed by atoms with E-state index in [-0.39, 0.29) is 29.5 Å². The van der Waals surface area contributed by atoms with Crippen molar-refractivity contribution >= 4 is 17.8 Å². The van der Waals surface area contributed by atoms with Crippen molar-refractivity contribution < 1.29 is 23.5 Å². The summed E-state index contributed by atoms with van der Waals surface area (Å²) in [5.74, 6) is -0.673. The number of esters is 1. The Hall–Kier alpha value is -3.95. The van der Waals surface area contributed by atoms with Crippen molar-refractivity contribution in [1.82, 2.24) is 25.8 Å². The molecule has 0 saturated heterocycles. The van der Waals surface area contributed by atoms with Gasteiger partial charge in [-0.3, -0.25) is 14.7 Å². The Morgan fingerprint density at radius 1 is 1.09 bits per heavy atom. The zero-order valence-corrected chi connectivity index (χ0v) is 20.1. The van der Waals surface area contributed by atoms with Gasteiger partial charge in [0.15, 0.2) is 0 Å². The summed E-state index contributed by atoms with van der Waals surface area (Å²) in [7, 11) is 1.27. The van der Waals surface area contributed by atoms with E-state index in [0.717, 1.165) is 18.4 Å². The van der Waals surface area contributed by atoms with Gasteiger partial charge in [-0.1, -0.05) is 26.0 Å². The van der Waals surface area contributed by atoms with Crippen molar-refractivity contribution in [3.05, 3.63) is 48.0 Å². The maximum atomic E-state index is 12.6. The van der Waals surface area contributed by atoms with E-state index in [4.69, 9.17) is 9.15 Å². The molecule has 1 fully saturated rings. The molecule has 1 aliphatic rings. The molecule has 3 aromatic rings. The molecular formula is C25H29N5O5. The summed E-state index contributed by atoms with van der Waals surface area (Å²) in [4.78, 5) is 41.2. The van der Waals surface area contributed by atoms with Crippen LogP contribution in [-0.2, 0) is 9.53 Å². The molecule has 0 aliphatic heterocycles. The molecule has 2 heterocycles. The number of aromatic amines is 1. The van der Waals surface area contributed by atoms with Crippen molar-refractivity contribution in [3.8, 4) is 22.7 Å². The lowest BCUT2D eigenvalue weighted by Crippen LogP contribution is -2.44. The summed E-state index contributed by atoms with van der Waals surface area (Å²) < 4.78 is 10.4. The largest absolute Gasteiger partial charge is 0.467 e. The number of amides is 2. The highest BCUT2D eigenvalue weighted by Crippen LogP contribution is 2.32. The number of carbonyl (C=O) groups is 3. The first-order chi connectivity index (χ1) is 16.8. The summed E-state index contributed by atoms with van der Waals surface area (Å²) in [6.07, 6.45) is 3.61. The maximum absolute atomic E-state index is 12.6. The van der Waals surface area contributed by atoms with Gasteiger partial charge >= 0.3 is 5.97 Å². The standard InChI is InChI=1S/C25H29N5O5/c1-13(2)21(25(33)34-4)28-23(32)20-12-26-24(35-20)17-7-5-6-16(10-17)18-11-19(30-29-18)22(31)27-14(3)15-8-9-15/h5-7,10-15,21H,8-9H2,1-4H3,(H,27,31)(H,28,32)(H,29,30)/t14-,21-/m0/s1. The molecule has 2 aromatic heterocycles. The third-order valence-electron chi connectivity index (χ3n) is 6.05. The molecule has 1 aromatic carbocycles. The zero-order chi connectivity index (χ0) is 25.1. The number of nitrogens with zero attached hydrogens (tertiary/aromatic N) is 2. The second kappa shape index (κ2) is 10.1. The molecule has 35 heavy (non-hydrogen) atoms. The predicted octanol–water partition coefficient (Wildman–Crippen LogP) is 3.19. The number of benzene rings is 1. The van der Waals surface area contributed by atoms with E-state index in [0.29, 0.717) is 22.9 Å². The molecule has 184 valence electrons. The van der Waals surface area contributed by atoms with E-state index >= 15 is 0 Å². The number of oxazole rings is 1. The summed E-state index contributed by atoms with van der Waals surface area (Å²) >= 11 is 0. The first kappa shape index (κ1) is 24.2. The van der Waals surface area contributed by atoms with Gasteiger partial charge in [0.2, 0.25) is 11.7 Å². The third-order valence-corrected chi connectivity index (χ3v) is 6.05. The molecule has 10 heteroatoms. The number of nitrogens with one attached hydrogen (secondary N) is 3. The number of carbonyl (C=O) groups excluding carboxylic acids is 3. The maximum Gasteiger partial charge on any atom is 0.328 e. The van der Waals surface area contributed by atoms with Crippen LogP contribution in [-0.4, -0.2) is 52.2 Å². The Bertz CT molecular complexity index is 1230. The molecule has 3 N–H and O–H groups in total. The molecule has 0 unspecified atom stereocenters. The van der Waals surface area contributed by atoms with Crippen LogP contribution in [0.4, 0.5) is 0 Å². The summed E-state index contributed by atoms with van der Waals surface area (Å²) in [5, 5.41) is 12.7. The van der Waals surface area contributed by atoms with E-state index in [2.05, 4.69) is 25.8 Å². The Kier molecular flexibility index (Phi) is 6.99. The highest BCUT2D eigenvalue weighted by molar-refractivity contribution is 5.95. The smallest absolute Gasteiger partial charge is 0.328 e. The average molecular weight is 480 g/mol. The molecule has 0 bridgehead atoms. The lowest BCUT2D eigenvalue weighted by Gasteiger charge is -2.18. The normalized spacial score (nSPS) is 14.9. The Morgan fingerprint density at radius 2 is 1.83 bits per heavy atom. The van der Waals surface area contributed by atoms with Gasteiger partial charge in [0.05, 0.1) is 19.0 Å². The number of hydrogen-bond acceptors (Lipinski definition) is 7. The second-order valence-corrected chi connectivity index (χ2v) is 9.10. The van der Waals surface area contributed by atoms with Crippen molar-refractivity contribution in [2.24, 2.45) is 11.8 Å². The monoisotopic (exact) mass is 479 g/mol. The molecule has 10 nitrogen and oxygen atoms in total. The SMILES string of the molecule is COC(=O)[C@@H](NC(=O)c1cnc(-c2cccc(-c3cc(C(=O)N[C@@H](C)C4CC4)[nH]n3)c2)o1)C(C)C. The number of ether oxygens (including phenoxy) is 1. The minimum atomic E-state index is -0.803. The molecule has 4 rings (SSSR count). The van der Waals surface area contributed by atoms with Crippen LogP contribution in [0.1, 0.15) is 54.7 Å². The number of rotatable bonds is 9. The van der Waals surface area contributed by atoms with Crippen LogP contribution >= 0.6 is 0 Å². The molecule has 2 amide bonds. The fourth-order valence-corrected chi connectivity index (χ4v) is 3.75. The summed E-state index contributed by atoms with van der Waals surface area (Å²) in [6, 6.07) is 8.30. The first-order valence-electron chi connectivity index (χ1n) is 11.6. The summed E-state index contributed by atoms with van der Waals surface area (Å²) in [6.45, 7) is 5.62. The first-order valence-corrected chi connectivity index (χ1v) is 11.6. The van der Waals surface area contributed by atoms with Crippen LogP contribution < -0.4 is 10.6 Å². The quantitative estimate of drug-likeness (QED) is 0.401. The molecule has 1 aliphatic carbocycles. The minimum absolute atomic E-state index is 0.0246. The number of H-pyrrole nitrogens is 1. The number of aromatic nitrogens is 3. The lowest BCUT2D eigenvalue weighted by atomic mass is 10.0. The van der Waals surface area contributed by atoms with Gasteiger partial charge in [0, 0.05) is 17.2 Å². The van der Waals surface area contributed by atoms with Crippen LogP contribution in [0, 0.1) is 11.8 Å². The highest BCUT2D eigenvalue weighted by Gasteiger charge is 2.29. The van der Waals surface area contributed by atoms with Gasteiger partial charge in [-0.25, -0.2) is 9.78 Å². The average Bonchev–Trinajstić information content (AvgIpc) is 3.37. The third kappa shape index (κ3) is 5.59. The topological polar surface area (TPSA) is 139 Å². The van der Waals surface area contributed by atoms with Crippen LogP contribution in [0.3, 0.4) is 0 Å². The molecule has 0 radical (unpaired) electrons. The van der Waals surface area contributed by atoms with Crippen molar-refractivity contribution in [2.45, 2.75) is 45.7 Å². The van der Waals surface area contributed by atoms with E-state index < -0.39 is 17.9 Å². The highest BCUT2D eigenvalue weighted by atomic mass is 16.5. The van der Waals surface area contributed by atoms with Gasteiger partial charge in [-0.2, -0.15) is 5.10 Å². The van der Waals surface area contributed by atoms with Gasteiger partial charge in [0.25, 0.3) is 11.8 Å². The number of methoxy groups -OCH3 is 1. The van der Waals surface area contributed by atoms with E-state index in [1.54, 1.807) is 26.0 Å². The van der Waals surface area contributed by atoms with Crippen LogP contribution in [0.5, 0.6) is 0 Å². The fourth-order valence-electron chi connectivity index (χ4n) is 3.75. The van der Waals surface area contributed by atoms with Crippen LogP contribution in [0.25, 0.3) is 22.7 Å². The predicted molar refractivity (Wildman–Crippen MR) is 127 cm³/mol. The second-order valence-electron chi connectivity index (χ2n) is 9.10. The van der Waals surface area contributed by atoms with Crippen molar-refractivity contribution in [3.63, 3.8) is 0 Å². The molecule has 1 saturated carbocycles. The van der Waals surface area contributed by atoms with Crippen molar-refractivity contribution in [2.75, 3.05) is 7.11 Å². The minimum Gasteiger partial charge on any atom is -0.467 e. The Morgan fingerprint density at radius 3 is 2.51 bits per heavy atom. The van der Waals surface area contributed by atoms with Gasteiger partial charge < -0.3 is 19.8 Å². The van der Waals surface area contributed by atoms with Gasteiger partial charge in [-0.15, -0.1) is 0 Å². The van der Waals surface area contributed by atoms with Gasteiger partial charge in [-0.05, 0) is 49.8 Å². The van der Waals surface area contributed by atoms with E-state index in [1.807, 2.05) is 25.1 Å². The van der Waals surface area contributed by atoms with Crippen LogP contribution in [0.15, 0.2) is 40.9 Å². The summed E-state index contributed by atoms with van der Waals surface area (Å²) in [5.41, 5.74) is 2.37. The van der Waals surface area contributed by atoms with E-state index in [9.17, 15) is 14.4 Å². The Balaban J connectivity index is 1.47. The Labute approximate surface area is 202 Å². The molecular weight excluding hydrogens is 450 g/mol.